The van der Waals surface area contributed by atoms with Gasteiger partial charge in [0.2, 0.25) is 11.8 Å². The van der Waals surface area contributed by atoms with Crippen molar-refractivity contribution in [1.29, 1.82) is 0 Å². The highest BCUT2D eigenvalue weighted by molar-refractivity contribution is 6.00. The number of carbonyl (C=O) groups excluding carboxylic acids is 3. The summed E-state index contributed by atoms with van der Waals surface area (Å²) >= 11 is 0. The lowest BCUT2D eigenvalue weighted by Crippen LogP contribution is -2.51. The summed E-state index contributed by atoms with van der Waals surface area (Å²) in [6.07, 6.45) is 0.489. The average molecular weight is 605 g/mol. The Labute approximate surface area is 264 Å². The van der Waals surface area contributed by atoms with Gasteiger partial charge >= 0.3 is 6.09 Å². The molecule has 4 aromatic carbocycles. The highest BCUT2D eigenvalue weighted by Gasteiger charge is 2.33. The fourth-order valence-corrected chi connectivity index (χ4v) is 5.69. The van der Waals surface area contributed by atoms with Gasteiger partial charge in [0.1, 0.15) is 12.6 Å². The maximum atomic E-state index is 14.0. The number of hydrogen-bond acceptors (Lipinski definition) is 5. The lowest BCUT2D eigenvalue weighted by atomic mass is 9.98. The third-order valence-electron chi connectivity index (χ3n) is 7.98. The molecule has 1 heterocycles. The number of para-hydroxylation sites is 1. The van der Waals surface area contributed by atoms with Gasteiger partial charge in [0.25, 0.3) is 0 Å². The number of rotatable bonds is 10. The molecule has 45 heavy (non-hydrogen) atoms. The number of nitrogens with two attached hydrogens (primary N) is 1. The second-order valence-electron chi connectivity index (χ2n) is 12.0. The molecule has 4 aromatic rings. The number of amides is 3. The zero-order chi connectivity index (χ0) is 31.8. The molecule has 0 saturated heterocycles. The topological polar surface area (TPSA) is 114 Å². The Morgan fingerprint density at radius 3 is 2.33 bits per heavy atom. The predicted molar refractivity (Wildman–Crippen MR) is 176 cm³/mol. The highest BCUT2D eigenvalue weighted by Crippen LogP contribution is 2.30. The maximum absolute atomic E-state index is 14.0. The molecule has 232 valence electrons. The van der Waals surface area contributed by atoms with Crippen LogP contribution in [0.5, 0.6) is 0 Å². The minimum atomic E-state index is -0.890. The van der Waals surface area contributed by atoms with E-state index < -0.39 is 17.7 Å². The summed E-state index contributed by atoms with van der Waals surface area (Å²) in [7, 11) is 0. The van der Waals surface area contributed by atoms with Crippen LogP contribution in [-0.2, 0) is 40.4 Å². The molecule has 5 rings (SSSR count). The molecule has 1 aliphatic heterocycles. The number of ether oxygens (including phenoxy) is 1. The lowest BCUT2D eigenvalue weighted by Gasteiger charge is -2.28. The summed E-state index contributed by atoms with van der Waals surface area (Å²) in [4.78, 5) is 41.4. The Bertz CT molecular complexity index is 1640. The first-order chi connectivity index (χ1) is 21.7. The van der Waals surface area contributed by atoms with E-state index >= 15 is 0 Å². The summed E-state index contributed by atoms with van der Waals surface area (Å²) < 4.78 is 5.33. The first-order valence-corrected chi connectivity index (χ1v) is 15.3. The second-order valence-corrected chi connectivity index (χ2v) is 12.0. The van der Waals surface area contributed by atoms with Gasteiger partial charge in [-0.1, -0.05) is 97.1 Å². The predicted octanol–water partition coefficient (Wildman–Crippen LogP) is 5.87. The van der Waals surface area contributed by atoms with E-state index in [1.54, 1.807) is 18.7 Å². The van der Waals surface area contributed by atoms with Gasteiger partial charge in [-0.3, -0.25) is 9.59 Å². The summed E-state index contributed by atoms with van der Waals surface area (Å²) in [5, 5.41) is 5.73. The van der Waals surface area contributed by atoms with Crippen LogP contribution in [0, 0.1) is 0 Å². The second kappa shape index (κ2) is 14.2. The quantitative estimate of drug-likeness (QED) is 0.210. The third kappa shape index (κ3) is 8.16. The monoisotopic (exact) mass is 604 g/mol. The van der Waals surface area contributed by atoms with Crippen LogP contribution in [0.15, 0.2) is 103 Å². The summed E-state index contributed by atoms with van der Waals surface area (Å²) in [6, 6.07) is 32.8. The standard InChI is InChI=1S/C37H40N4O4/c1-37(2,40-36(44)45-25-27-10-4-3-5-11-27)22-34(42)39-32-21-20-29-12-7-9-15-33(29)41(35(32)43)24-26-16-18-28(19-17-26)31-14-8-6-13-30(31)23-38/h3-19,32H,20-25,38H2,1-2H3,(H,39,42)(H,40,44)/t32-/m1/s1. The summed E-state index contributed by atoms with van der Waals surface area (Å²) in [5.74, 6) is -0.491. The number of fused-ring (bicyclic) bond motifs is 1. The lowest BCUT2D eigenvalue weighted by molar-refractivity contribution is -0.128. The molecule has 4 N–H and O–H groups in total. The molecule has 0 aromatic heterocycles. The van der Waals surface area contributed by atoms with Crippen molar-refractivity contribution in [3.8, 4) is 11.1 Å². The third-order valence-corrected chi connectivity index (χ3v) is 7.98. The molecule has 0 fully saturated rings. The number of aryl methyl sites for hydroxylation is 1. The van der Waals surface area contributed by atoms with Crippen molar-refractivity contribution in [3.05, 3.63) is 125 Å². The average Bonchev–Trinajstić information content (AvgIpc) is 3.16. The van der Waals surface area contributed by atoms with E-state index in [1.165, 1.54) is 0 Å². The molecule has 0 spiro atoms. The van der Waals surface area contributed by atoms with Crippen molar-refractivity contribution in [2.45, 2.75) is 64.4 Å². The Hall–Kier alpha value is -4.95. The SMILES string of the molecule is CC(C)(CC(=O)N[C@@H]1CCc2ccccc2N(Cc2ccc(-c3ccccc3CN)cc2)C1=O)NC(=O)OCc1ccccc1. The van der Waals surface area contributed by atoms with Crippen molar-refractivity contribution in [2.75, 3.05) is 4.90 Å². The van der Waals surface area contributed by atoms with E-state index in [1.807, 2.05) is 84.9 Å². The van der Waals surface area contributed by atoms with Gasteiger partial charge in [-0.05, 0) is 66.1 Å². The molecule has 0 radical (unpaired) electrons. The van der Waals surface area contributed by atoms with E-state index in [0.717, 1.165) is 39.1 Å². The molecule has 1 atom stereocenters. The number of alkyl carbamates (subject to hydrolysis) is 1. The van der Waals surface area contributed by atoms with Crippen molar-refractivity contribution in [2.24, 2.45) is 5.73 Å². The summed E-state index contributed by atoms with van der Waals surface area (Å²) in [5.41, 5.74) is 12.0. The van der Waals surface area contributed by atoms with Crippen LogP contribution in [-0.4, -0.2) is 29.5 Å². The van der Waals surface area contributed by atoms with Crippen LogP contribution < -0.4 is 21.3 Å². The minimum absolute atomic E-state index is 0.0180. The molecule has 3 amide bonds. The van der Waals surface area contributed by atoms with E-state index in [2.05, 4.69) is 28.8 Å². The Balaban J connectivity index is 1.25. The number of benzene rings is 4. The van der Waals surface area contributed by atoms with E-state index in [-0.39, 0.29) is 24.8 Å². The maximum Gasteiger partial charge on any atom is 0.407 e. The zero-order valence-corrected chi connectivity index (χ0v) is 25.8. The van der Waals surface area contributed by atoms with Crippen molar-refractivity contribution < 1.29 is 19.1 Å². The van der Waals surface area contributed by atoms with Gasteiger partial charge in [0.15, 0.2) is 0 Å². The first-order valence-electron chi connectivity index (χ1n) is 15.3. The molecule has 1 aliphatic rings. The van der Waals surface area contributed by atoms with Crippen LogP contribution >= 0.6 is 0 Å². The van der Waals surface area contributed by atoms with Gasteiger partial charge in [-0.15, -0.1) is 0 Å². The molecular formula is C37H40N4O4. The van der Waals surface area contributed by atoms with E-state index in [9.17, 15) is 14.4 Å². The van der Waals surface area contributed by atoms with Crippen LogP contribution in [0.4, 0.5) is 10.5 Å². The van der Waals surface area contributed by atoms with Crippen molar-refractivity contribution in [3.63, 3.8) is 0 Å². The van der Waals surface area contributed by atoms with Crippen LogP contribution in [0.3, 0.4) is 0 Å². The summed E-state index contributed by atoms with van der Waals surface area (Å²) in [6.45, 7) is 4.45. The van der Waals surface area contributed by atoms with Crippen molar-refractivity contribution >= 4 is 23.6 Å². The molecule has 0 saturated carbocycles. The molecular weight excluding hydrogens is 564 g/mol. The number of nitrogens with zero attached hydrogens (tertiary/aromatic N) is 1. The minimum Gasteiger partial charge on any atom is -0.445 e. The molecule has 8 nitrogen and oxygen atoms in total. The van der Waals surface area contributed by atoms with E-state index in [0.29, 0.717) is 25.9 Å². The van der Waals surface area contributed by atoms with Crippen molar-refractivity contribution in [1.82, 2.24) is 10.6 Å². The fourth-order valence-electron chi connectivity index (χ4n) is 5.69. The molecule has 0 unspecified atom stereocenters. The van der Waals surface area contributed by atoms with Crippen LogP contribution in [0.2, 0.25) is 0 Å². The largest absolute Gasteiger partial charge is 0.445 e. The number of hydrogen-bond donors (Lipinski definition) is 3. The first kappa shape index (κ1) is 31.5. The van der Waals surface area contributed by atoms with Gasteiger partial charge in [0, 0.05) is 24.2 Å². The number of carbonyl (C=O) groups is 3. The van der Waals surface area contributed by atoms with Crippen LogP contribution in [0.1, 0.15) is 48.9 Å². The zero-order valence-electron chi connectivity index (χ0n) is 25.8. The number of anilines is 1. The Morgan fingerprint density at radius 2 is 1.58 bits per heavy atom. The highest BCUT2D eigenvalue weighted by atomic mass is 16.5. The number of nitrogens with one attached hydrogen (secondary N) is 2. The molecule has 0 aliphatic carbocycles. The normalized spacial score (nSPS) is 14.7. The van der Waals surface area contributed by atoms with Gasteiger partial charge in [-0.25, -0.2) is 4.79 Å². The van der Waals surface area contributed by atoms with E-state index in [4.69, 9.17) is 10.5 Å². The van der Waals surface area contributed by atoms with Gasteiger partial charge < -0.3 is 26.0 Å². The smallest absolute Gasteiger partial charge is 0.407 e. The van der Waals surface area contributed by atoms with Crippen LogP contribution in [0.25, 0.3) is 11.1 Å². The Morgan fingerprint density at radius 1 is 0.889 bits per heavy atom. The molecule has 8 heteroatoms. The van der Waals surface area contributed by atoms with Gasteiger partial charge in [-0.2, -0.15) is 0 Å². The fraction of sp³-hybridized carbons (Fsp3) is 0.270. The molecule has 0 bridgehead atoms. The van der Waals surface area contributed by atoms with Gasteiger partial charge in [0.05, 0.1) is 6.54 Å². The Kier molecular flexibility index (Phi) is 9.95.